The largest absolute Gasteiger partial charge is 0.383 e. The minimum Gasteiger partial charge on any atom is -0.383 e. The molecule has 1 N–H and O–H groups in total. The molecule has 0 atom stereocenters. The molecule has 0 aliphatic heterocycles. The first-order chi connectivity index (χ1) is 9.72. The second-order valence-electron chi connectivity index (χ2n) is 5.26. The third-order valence-electron chi connectivity index (χ3n) is 3.82. The Kier molecular flexibility index (Phi) is 5.66. The fourth-order valence-corrected chi connectivity index (χ4v) is 3.12. The van der Waals surface area contributed by atoms with Gasteiger partial charge in [0.05, 0.1) is 11.9 Å². The summed E-state index contributed by atoms with van der Waals surface area (Å²) >= 11 is 3.32. The van der Waals surface area contributed by atoms with Crippen molar-refractivity contribution < 1.29 is 0 Å². The predicted octanol–water partition coefficient (Wildman–Crippen LogP) is 3.02. The Morgan fingerprint density at radius 1 is 1.45 bits per heavy atom. The number of aromatic nitrogens is 2. The highest BCUT2D eigenvalue weighted by Crippen LogP contribution is 2.26. The number of hydrogen-bond donors (Lipinski definition) is 1. The number of nitrogens with one attached hydrogen (secondary N) is 1. The first-order valence-electron chi connectivity index (χ1n) is 7.15. The van der Waals surface area contributed by atoms with Crippen LogP contribution in [0.5, 0.6) is 0 Å². The fourth-order valence-electron chi connectivity index (χ4n) is 2.67. The van der Waals surface area contributed by atoms with Gasteiger partial charge >= 0.3 is 0 Å². The van der Waals surface area contributed by atoms with Crippen molar-refractivity contribution in [3.8, 4) is 12.3 Å². The van der Waals surface area contributed by atoms with E-state index in [2.05, 4.69) is 32.3 Å². The van der Waals surface area contributed by atoms with Gasteiger partial charge in [0, 0.05) is 6.54 Å². The van der Waals surface area contributed by atoms with Crippen molar-refractivity contribution in [3.05, 3.63) is 21.0 Å². The van der Waals surface area contributed by atoms with Crippen LogP contribution in [0, 0.1) is 18.3 Å². The quantitative estimate of drug-likeness (QED) is 0.840. The lowest BCUT2D eigenvalue weighted by molar-refractivity contribution is 0.345. The van der Waals surface area contributed by atoms with E-state index in [1.165, 1.54) is 36.8 Å². The molecule has 1 aromatic heterocycles. The molecule has 1 fully saturated rings. The van der Waals surface area contributed by atoms with Crippen LogP contribution in [0.1, 0.15) is 38.5 Å². The minimum absolute atomic E-state index is 0.189. The van der Waals surface area contributed by atoms with E-state index < -0.39 is 0 Å². The molecule has 1 aliphatic carbocycles. The molecule has 5 heteroatoms. The lowest BCUT2D eigenvalue weighted by Gasteiger charge is -2.21. The predicted molar refractivity (Wildman–Crippen MR) is 84.7 cm³/mol. The summed E-state index contributed by atoms with van der Waals surface area (Å²) in [7, 11) is 0. The maximum Gasteiger partial charge on any atom is 0.284 e. The van der Waals surface area contributed by atoms with Crippen LogP contribution < -0.4 is 10.9 Å². The lowest BCUT2D eigenvalue weighted by Crippen LogP contribution is -2.24. The first kappa shape index (κ1) is 15.1. The Balaban J connectivity index is 1.91. The smallest absolute Gasteiger partial charge is 0.284 e. The van der Waals surface area contributed by atoms with Crippen LogP contribution in [0.25, 0.3) is 0 Å². The second-order valence-corrected chi connectivity index (χ2v) is 6.05. The van der Waals surface area contributed by atoms with Gasteiger partial charge < -0.3 is 5.32 Å². The van der Waals surface area contributed by atoms with Crippen LogP contribution >= 0.6 is 15.9 Å². The molecule has 108 valence electrons. The van der Waals surface area contributed by atoms with E-state index in [1.807, 2.05) is 0 Å². The van der Waals surface area contributed by atoms with Gasteiger partial charge in [0.2, 0.25) is 0 Å². The zero-order chi connectivity index (χ0) is 14.4. The van der Waals surface area contributed by atoms with Crippen molar-refractivity contribution in [2.24, 2.45) is 5.92 Å². The van der Waals surface area contributed by atoms with E-state index in [-0.39, 0.29) is 12.1 Å². The van der Waals surface area contributed by atoms with E-state index in [4.69, 9.17) is 6.42 Å². The van der Waals surface area contributed by atoms with Crippen LogP contribution in [0.2, 0.25) is 0 Å². The second kappa shape index (κ2) is 7.49. The van der Waals surface area contributed by atoms with Crippen LogP contribution in [0.3, 0.4) is 0 Å². The number of halogens is 1. The van der Waals surface area contributed by atoms with Gasteiger partial charge in [0.1, 0.15) is 11.0 Å². The van der Waals surface area contributed by atoms with E-state index in [0.29, 0.717) is 4.47 Å². The summed E-state index contributed by atoms with van der Waals surface area (Å²) in [5.74, 6) is 3.24. The van der Waals surface area contributed by atoms with Crippen molar-refractivity contribution >= 4 is 21.6 Å². The highest BCUT2D eigenvalue weighted by molar-refractivity contribution is 9.10. The zero-order valence-electron chi connectivity index (χ0n) is 11.6. The molecule has 4 nitrogen and oxygen atoms in total. The SMILES string of the molecule is C#CCn1ncc(NCCC2CCCCC2)c(Br)c1=O. The van der Waals surface area contributed by atoms with Gasteiger partial charge in [-0.15, -0.1) is 6.42 Å². The van der Waals surface area contributed by atoms with Crippen molar-refractivity contribution in [3.63, 3.8) is 0 Å². The van der Waals surface area contributed by atoms with Gasteiger partial charge in [-0.2, -0.15) is 5.10 Å². The maximum atomic E-state index is 12.0. The zero-order valence-corrected chi connectivity index (χ0v) is 13.2. The Hall–Kier alpha value is -1.28. The van der Waals surface area contributed by atoms with Gasteiger partial charge in [-0.1, -0.05) is 38.0 Å². The van der Waals surface area contributed by atoms with Crippen molar-refractivity contribution in [2.75, 3.05) is 11.9 Å². The number of rotatable bonds is 5. The average Bonchev–Trinajstić information content (AvgIpc) is 2.48. The molecule has 1 saturated carbocycles. The Morgan fingerprint density at radius 3 is 2.90 bits per heavy atom. The summed E-state index contributed by atoms with van der Waals surface area (Å²) in [6, 6.07) is 0. The van der Waals surface area contributed by atoms with Gasteiger partial charge in [-0.3, -0.25) is 4.79 Å². The van der Waals surface area contributed by atoms with Gasteiger partial charge in [0.25, 0.3) is 5.56 Å². The van der Waals surface area contributed by atoms with E-state index >= 15 is 0 Å². The third-order valence-corrected chi connectivity index (χ3v) is 4.59. The topological polar surface area (TPSA) is 46.9 Å². The van der Waals surface area contributed by atoms with Crippen molar-refractivity contribution in [1.82, 2.24) is 9.78 Å². The van der Waals surface area contributed by atoms with Crippen molar-refractivity contribution in [2.45, 2.75) is 45.1 Å². The standard InChI is InChI=1S/C15H20BrN3O/c1-2-10-19-15(20)14(16)13(11-18-19)17-9-8-12-6-4-3-5-7-12/h1,11-12,17H,3-10H2. The summed E-state index contributed by atoms with van der Waals surface area (Å²) in [5, 5.41) is 7.36. The monoisotopic (exact) mass is 337 g/mol. The Labute approximate surface area is 128 Å². The van der Waals surface area contributed by atoms with Gasteiger partial charge in [0.15, 0.2) is 0 Å². The molecule has 0 bridgehead atoms. The summed E-state index contributed by atoms with van der Waals surface area (Å²) in [6.45, 7) is 1.07. The molecule has 2 rings (SSSR count). The Bertz CT molecular complexity index is 541. The molecule has 0 radical (unpaired) electrons. The van der Waals surface area contributed by atoms with E-state index in [9.17, 15) is 4.79 Å². The fraction of sp³-hybridized carbons (Fsp3) is 0.600. The number of hydrogen-bond acceptors (Lipinski definition) is 3. The highest BCUT2D eigenvalue weighted by Gasteiger charge is 2.13. The molecule has 0 unspecified atom stereocenters. The van der Waals surface area contributed by atoms with Gasteiger partial charge in [-0.25, -0.2) is 4.68 Å². The minimum atomic E-state index is -0.189. The van der Waals surface area contributed by atoms with Gasteiger partial charge in [-0.05, 0) is 28.3 Å². The van der Waals surface area contributed by atoms with Crippen LogP contribution in [0.4, 0.5) is 5.69 Å². The normalized spacial score (nSPS) is 15.8. The molecule has 1 aliphatic rings. The lowest BCUT2D eigenvalue weighted by atomic mass is 9.87. The first-order valence-corrected chi connectivity index (χ1v) is 7.94. The molecule has 0 spiro atoms. The van der Waals surface area contributed by atoms with E-state index in [0.717, 1.165) is 24.6 Å². The molecule has 0 aromatic carbocycles. The van der Waals surface area contributed by atoms with E-state index in [1.54, 1.807) is 6.20 Å². The molecule has 20 heavy (non-hydrogen) atoms. The number of terminal acetylenes is 1. The maximum absolute atomic E-state index is 12.0. The third kappa shape index (κ3) is 3.86. The van der Waals surface area contributed by atoms with Crippen LogP contribution in [-0.4, -0.2) is 16.3 Å². The molecule has 0 amide bonds. The van der Waals surface area contributed by atoms with Crippen molar-refractivity contribution in [1.29, 1.82) is 0 Å². The van der Waals surface area contributed by atoms with Crippen LogP contribution in [0.15, 0.2) is 15.5 Å². The number of anilines is 1. The molecular weight excluding hydrogens is 318 g/mol. The van der Waals surface area contributed by atoms with Crippen LogP contribution in [-0.2, 0) is 6.54 Å². The summed E-state index contributed by atoms with van der Waals surface area (Å²) in [5.41, 5.74) is 0.560. The molecule has 1 aromatic rings. The number of nitrogens with zero attached hydrogens (tertiary/aromatic N) is 2. The summed E-state index contributed by atoms with van der Waals surface area (Å²) < 4.78 is 1.78. The highest BCUT2D eigenvalue weighted by atomic mass is 79.9. The average molecular weight is 338 g/mol. The molecule has 0 saturated heterocycles. The molecular formula is C15H20BrN3O. The summed E-state index contributed by atoms with van der Waals surface area (Å²) in [6.07, 6.45) is 14.8. The Morgan fingerprint density at radius 2 is 2.20 bits per heavy atom. The molecule has 1 heterocycles. The summed E-state index contributed by atoms with van der Waals surface area (Å²) in [4.78, 5) is 12.0.